The topological polar surface area (TPSA) is 53.1 Å². The molecule has 0 saturated carbocycles. The lowest BCUT2D eigenvalue weighted by molar-refractivity contribution is 0.202. The van der Waals surface area contributed by atoms with Crippen LogP contribution in [-0.2, 0) is 17.7 Å². The second-order valence-electron chi connectivity index (χ2n) is 3.83. The van der Waals surface area contributed by atoms with Crippen LogP contribution < -0.4 is 5.73 Å². The molecular weight excluding hydrogens is 214 g/mol. The third kappa shape index (κ3) is 2.54. The molecule has 1 aromatic heterocycles. The number of para-hydroxylation sites is 1. The predicted octanol–water partition coefficient (Wildman–Crippen LogP) is 1.52. The summed E-state index contributed by atoms with van der Waals surface area (Å²) < 4.78 is 7.16. The summed E-state index contributed by atoms with van der Waals surface area (Å²) in [7, 11) is 1.71. The van der Waals surface area contributed by atoms with Gasteiger partial charge in [0.1, 0.15) is 0 Å². The molecule has 4 heteroatoms. The van der Waals surface area contributed by atoms with Crippen LogP contribution in [0.15, 0.2) is 36.8 Å². The second-order valence-corrected chi connectivity index (χ2v) is 3.83. The normalized spacial score (nSPS) is 10.7. The van der Waals surface area contributed by atoms with Crippen LogP contribution in [0.2, 0.25) is 0 Å². The maximum atomic E-state index is 5.70. The first-order valence-corrected chi connectivity index (χ1v) is 5.65. The number of ether oxygens (including phenoxy) is 1. The van der Waals surface area contributed by atoms with E-state index in [0.717, 1.165) is 17.8 Å². The molecule has 0 aliphatic carbocycles. The molecule has 0 bridgehead atoms. The Labute approximate surface area is 101 Å². The minimum atomic E-state index is 0.485. The molecule has 0 atom stereocenters. The van der Waals surface area contributed by atoms with Gasteiger partial charge in [-0.25, -0.2) is 4.98 Å². The van der Waals surface area contributed by atoms with Gasteiger partial charge in [0, 0.05) is 19.9 Å². The molecule has 17 heavy (non-hydrogen) atoms. The molecule has 0 unspecified atom stereocenters. The van der Waals surface area contributed by atoms with Gasteiger partial charge in [0.05, 0.1) is 24.3 Å². The van der Waals surface area contributed by atoms with Crippen molar-refractivity contribution in [2.24, 2.45) is 5.73 Å². The molecule has 0 amide bonds. The molecule has 2 N–H and O–H groups in total. The van der Waals surface area contributed by atoms with Crippen molar-refractivity contribution in [3.63, 3.8) is 0 Å². The zero-order valence-electron chi connectivity index (χ0n) is 9.97. The molecule has 1 heterocycles. The highest BCUT2D eigenvalue weighted by Crippen LogP contribution is 2.17. The van der Waals surface area contributed by atoms with E-state index in [0.29, 0.717) is 13.2 Å². The highest BCUT2D eigenvalue weighted by Gasteiger charge is 2.07. The first kappa shape index (κ1) is 11.8. The highest BCUT2D eigenvalue weighted by atomic mass is 16.5. The number of hydrogen-bond acceptors (Lipinski definition) is 3. The van der Waals surface area contributed by atoms with Crippen LogP contribution in [0.3, 0.4) is 0 Å². The quantitative estimate of drug-likeness (QED) is 0.848. The van der Waals surface area contributed by atoms with Gasteiger partial charge in [0.2, 0.25) is 0 Å². The Bertz CT molecular complexity index is 479. The van der Waals surface area contributed by atoms with Crippen LogP contribution in [0.4, 0.5) is 0 Å². The molecule has 0 aliphatic rings. The molecule has 2 rings (SSSR count). The van der Waals surface area contributed by atoms with Crippen molar-refractivity contribution in [2.45, 2.75) is 13.0 Å². The Kier molecular flexibility index (Phi) is 3.90. The van der Waals surface area contributed by atoms with Crippen LogP contribution >= 0.6 is 0 Å². The minimum Gasteiger partial charge on any atom is -0.384 e. The van der Waals surface area contributed by atoms with E-state index in [-0.39, 0.29) is 0 Å². The first-order chi connectivity index (χ1) is 8.36. The van der Waals surface area contributed by atoms with Gasteiger partial charge in [-0.2, -0.15) is 0 Å². The molecule has 4 nitrogen and oxygen atoms in total. The van der Waals surface area contributed by atoms with Crippen LogP contribution in [0.5, 0.6) is 0 Å². The molecule has 90 valence electrons. The summed E-state index contributed by atoms with van der Waals surface area (Å²) in [6.45, 7) is 1.20. The summed E-state index contributed by atoms with van der Waals surface area (Å²) in [5.41, 5.74) is 9.07. The predicted molar refractivity (Wildman–Crippen MR) is 67.0 cm³/mol. The first-order valence-electron chi connectivity index (χ1n) is 5.65. The monoisotopic (exact) mass is 231 g/mol. The largest absolute Gasteiger partial charge is 0.384 e. The summed E-state index contributed by atoms with van der Waals surface area (Å²) in [6.07, 6.45) is 4.48. The lowest BCUT2D eigenvalue weighted by Gasteiger charge is -2.12. The maximum Gasteiger partial charge on any atom is 0.0994 e. The number of nitrogens with two attached hydrogens (primary N) is 1. The number of nitrogens with zero attached hydrogens (tertiary/aromatic N) is 2. The smallest absolute Gasteiger partial charge is 0.0994 e. The van der Waals surface area contributed by atoms with Crippen molar-refractivity contribution in [2.75, 3.05) is 13.7 Å². The number of imidazole rings is 1. The van der Waals surface area contributed by atoms with Crippen molar-refractivity contribution < 1.29 is 4.74 Å². The van der Waals surface area contributed by atoms with Crippen molar-refractivity contribution in [3.8, 4) is 5.69 Å². The number of benzene rings is 1. The van der Waals surface area contributed by atoms with Gasteiger partial charge in [0.25, 0.3) is 0 Å². The highest BCUT2D eigenvalue weighted by molar-refractivity contribution is 5.42. The average Bonchev–Trinajstić information content (AvgIpc) is 2.84. The summed E-state index contributed by atoms with van der Waals surface area (Å²) in [5, 5.41) is 0. The van der Waals surface area contributed by atoms with Gasteiger partial charge in [-0.15, -0.1) is 0 Å². The van der Waals surface area contributed by atoms with E-state index in [4.69, 9.17) is 10.5 Å². The van der Waals surface area contributed by atoms with Crippen LogP contribution in [0, 0.1) is 0 Å². The third-order valence-corrected chi connectivity index (χ3v) is 2.75. The van der Waals surface area contributed by atoms with Crippen molar-refractivity contribution >= 4 is 0 Å². The fourth-order valence-corrected chi connectivity index (χ4v) is 1.86. The lowest BCUT2D eigenvalue weighted by atomic mass is 10.1. The standard InChI is InChI=1S/C13H17N3O/c1-17-7-6-11-4-2-3-5-13(11)16-10-15-9-12(16)8-14/h2-5,9-10H,6-8,14H2,1H3. The van der Waals surface area contributed by atoms with Gasteiger partial charge in [-0.1, -0.05) is 18.2 Å². The van der Waals surface area contributed by atoms with Gasteiger partial charge >= 0.3 is 0 Å². The summed E-state index contributed by atoms with van der Waals surface area (Å²) in [5.74, 6) is 0. The fraction of sp³-hybridized carbons (Fsp3) is 0.308. The van der Waals surface area contributed by atoms with Crippen molar-refractivity contribution in [1.82, 2.24) is 9.55 Å². The molecule has 2 aromatic rings. The van der Waals surface area contributed by atoms with Crippen LogP contribution in [0.1, 0.15) is 11.3 Å². The van der Waals surface area contributed by atoms with E-state index in [1.54, 1.807) is 19.6 Å². The number of hydrogen-bond donors (Lipinski definition) is 1. The molecule has 0 fully saturated rings. The minimum absolute atomic E-state index is 0.485. The lowest BCUT2D eigenvalue weighted by Crippen LogP contribution is -2.07. The summed E-state index contributed by atoms with van der Waals surface area (Å²) in [6, 6.07) is 8.24. The van der Waals surface area contributed by atoms with Crippen LogP contribution in [0.25, 0.3) is 5.69 Å². The Morgan fingerprint density at radius 3 is 2.94 bits per heavy atom. The fourth-order valence-electron chi connectivity index (χ4n) is 1.86. The average molecular weight is 231 g/mol. The summed E-state index contributed by atoms with van der Waals surface area (Å²) in [4.78, 5) is 4.14. The molecule has 0 spiro atoms. The van der Waals surface area contributed by atoms with Crippen LogP contribution in [-0.4, -0.2) is 23.3 Å². The maximum absolute atomic E-state index is 5.70. The van der Waals surface area contributed by atoms with Gasteiger partial charge in [-0.05, 0) is 18.1 Å². The van der Waals surface area contributed by atoms with Gasteiger partial charge in [-0.3, -0.25) is 0 Å². The zero-order valence-corrected chi connectivity index (χ0v) is 9.97. The second kappa shape index (κ2) is 5.61. The van der Waals surface area contributed by atoms with Gasteiger partial charge < -0.3 is 15.0 Å². The van der Waals surface area contributed by atoms with E-state index in [2.05, 4.69) is 17.1 Å². The van der Waals surface area contributed by atoms with Gasteiger partial charge in [0.15, 0.2) is 0 Å². The SMILES string of the molecule is COCCc1ccccc1-n1cncc1CN. The molecular formula is C13H17N3O. The van der Waals surface area contributed by atoms with E-state index in [1.165, 1.54) is 5.56 Å². The van der Waals surface area contributed by atoms with Crippen molar-refractivity contribution in [3.05, 3.63) is 48.0 Å². The molecule has 0 radical (unpaired) electrons. The van der Waals surface area contributed by atoms with E-state index < -0.39 is 0 Å². The third-order valence-electron chi connectivity index (χ3n) is 2.75. The van der Waals surface area contributed by atoms with E-state index in [9.17, 15) is 0 Å². The van der Waals surface area contributed by atoms with E-state index in [1.807, 2.05) is 16.7 Å². The number of methoxy groups -OCH3 is 1. The van der Waals surface area contributed by atoms with E-state index >= 15 is 0 Å². The Hall–Kier alpha value is -1.65. The Morgan fingerprint density at radius 2 is 2.18 bits per heavy atom. The number of rotatable bonds is 5. The summed E-state index contributed by atoms with van der Waals surface area (Å²) >= 11 is 0. The zero-order chi connectivity index (χ0) is 12.1. The Morgan fingerprint density at radius 1 is 1.35 bits per heavy atom. The Balaban J connectivity index is 2.37. The molecule has 1 aromatic carbocycles. The number of aromatic nitrogens is 2. The van der Waals surface area contributed by atoms with Crippen molar-refractivity contribution in [1.29, 1.82) is 0 Å². The molecule has 0 aliphatic heterocycles. The molecule has 0 saturated heterocycles.